The summed E-state index contributed by atoms with van der Waals surface area (Å²) in [5.74, 6) is 0. The molecule has 0 amide bonds. The Morgan fingerprint density at radius 1 is 1.10 bits per heavy atom. The number of aliphatic hydroxyl groups excluding tert-OH is 1. The van der Waals surface area contributed by atoms with Gasteiger partial charge < -0.3 is 9.84 Å². The van der Waals surface area contributed by atoms with Crippen LogP contribution < -0.4 is 0 Å². The van der Waals surface area contributed by atoms with Gasteiger partial charge in [0.25, 0.3) is 0 Å². The molecule has 0 aromatic carbocycles. The Labute approximate surface area is 79.1 Å². The zero-order valence-electron chi connectivity index (χ0n) is 6.10. The quantitative estimate of drug-likeness (QED) is 0.444. The lowest BCUT2D eigenvalue weighted by Crippen LogP contribution is -1.89. The van der Waals surface area contributed by atoms with Gasteiger partial charge in [-0.1, -0.05) is 12.8 Å². The fraction of sp³-hybridized carbons (Fsp3) is 1.00. The van der Waals surface area contributed by atoms with Gasteiger partial charge in [0.1, 0.15) is 0 Å². The fourth-order valence-electron chi connectivity index (χ4n) is 0.712. The highest BCUT2D eigenvalue weighted by Crippen LogP contribution is 1.97. The average Bonchev–Trinajstić information content (AvgIpc) is 1.89. The topological polar surface area (TPSA) is 29.5 Å². The smallest absolute Gasteiger partial charge is 0.316 e. The lowest BCUT2D eigenvalue weighted by molar-refractivity contribution is 0.190. The molecule has 0 saturated carbocycles. The summed E-state index contributed by atoms with van der Waals surface area (Å²) in [7, 11) is 1.71. The first-order valence-corrected chi connectivity index (χ1v) is 3.51. The predicted octanol–water partition coefficient (Wildman–Crippen LogP) is 0.269. The van der Waals surface area contributed by atoms with Gasteiger partial charge in [-0.25, -0.2) is 0 Å². The number of hydrogen-bond donors (Lipinski definition) is 1. The molecule has 1 N–H and O–H groups in total. The molecule has 0 fully saturated rings. The highest BCUT2D eigenvalue weighted by molar-refractivity contribution is 5.75. The monoisotopic (exact) mass is 158 g/mol. The number of ether oxygens (including phenoxy) is 1. The number of methoxy groups -OCH3 is 1. The average molecular weight is 159 g/mol. The van der Waals surface area contributed by atoms with E-state index in [1.807, 2.05) is 0 Å². The van der Waals surface area contributed by atoms with Gasteiger partial charge >= 0.3 is 23.1 Å². The highest BCUT2D eigenvalue weighted by atomic mass is 24.3. The molecule has 0 spiro atoms. The summed E-state index contributed by atoms with van der Waals surface area (Å²) in [4.78, 5) is 0. The normalized spacial score (nSPS) is 9.00. The Kier molecular flexibility index (Phi) is 16.4. The molecule has 2 nitrogen and oxygen atoms in total. The summed E-state index contributed by atoms with van der Waals surface area (Å²) in [6.07, 6.45) is 4.36. The molecule has 0 atom stereocenters. The van der Waals surface area contributed by atoms with Crippen LogP contribution in [0.1, 0.15) is 25.7 Å². The summed E-state index contributed by atoms with van der Waals surface area (Å²) in [5, 5.41) is 8.39. The van der Waals surface area contributed by atoms with Crippen molar-refractivity contribution < 1.29 is 9.84 Å². The third kappa shape index (κ3) is 11.5. The first kappa shape index (κ1) is 13.3. The van der Waals surface area contributed by atoms with Crippen LogP contribution in [0.4, 0.5) is 0 Å². The van der Waals surface area contributed by atoms with Crippen LogP contribution in [0.15, 0.2) is 0 Å². The zero-order chi connectivity index (χ0) is 6.95. The lowest BCUT2D eigenvalue weighted by atomic mass is 10.2. The van der Waals surface area contributed by atoms with Crippen LogP contribution in [0.25, 0.3) is 0 Å². The van der Waals surface area contributed by atoms with Crippen molar-refractivity contribution in [1.29, 1.82) is 0 Å². The van der Waals surface area contributed by atoms with Crippen LogP contribution in [0.3, 0.4) is 0 Å². The molecule has 0 rings (SSSR count). The molecule has 0 saturated heterocycles. The van der Waals surface area contributed by atoms with Crippen LogP contribution in [0, 0.1) is 0 Å². The largest absolute Gasteiger partial charge is 0.396 e. The predicted molar refractivity (Wildman–Crippen MR) is 46.0 cm³/mol. The molecule has 0 radical (unpaired) electrons. The summed E-state index contributed by atoms with van der Waals surface area (Å²) in [6, 6.07) is 0. The van der Waals surface area contributed by atoms with Crippen LogP contribution in [-0.4, -0.2) is 48.5 Å². The van der Waals surface area contributed by atoms with Gasteiger partial charge in [0.05, 0.1) is 0 Å². The van der Waals surface area contributed by atoms with Gasteiger partial charge in [0.2, 0.25) is 0 Å². The second kappa shape index (κ2) is 12.4. The molecule has 0 unspecified atom stereocenters. The van der Waals surface area contributed by atoms with Crippen molar-refractivity contribution in [2.24, 2.45) is 0 Å². The van der Waals surface area contributed by atoms with E-state index in [1.165, 1.54) is 6.42 Å². The number of aliphatic hydroxyl groups is 1. The van der Waals surface area contributed by atoms with Gasteiger partial charge in [-0.15, -0.1) is 0 Å². The maximum absolute atomic E-state index is 8.39. The van der Waals surface area contributed by atoms with Crippen molar-refractivity contribution in [3.05, 3.63) is 0 Å². The van der Waals surface area contributed by atoms with E-state index in [0.717, 1.165) is 25.9 Å². The maximum atomic E-state index is 8.39. The van der Waals surface area contributed by atoms with Crippen LogP contribution in [0.5, 0.6) is 0 Å². The van der Waals surface area contributed by atoms with Gasteiger partial charge in [-0.3, -0.25) is 0 Å². The lowest BCUT2D eigenvalue weighted by Gasteiger charge is -1.96. The van der Waals surface area contributed by atoms with Crippen molar-refractivity contribution in [2.75, 3.05) is 20.3 Å². The summed E-state index contributed by atoms with van der Waals surface area (Å²) in [5.41, 5.74) is 0. The maximum Gasteiger partial charge on any atom is 0.316 e. The second-order valence-electron chi connectivity index (χ2n) is 2.13. The van der Waals surface area contributed by atoms with E-state index >= 15 is 0 Å². The molecule has 3 heteroatoms. The minimum Gasteiger partial charge on any atom is -0.396 e. The summed E-state index contributed by atoms with van der Waals surface area (Å²) in [6.45, 7) is 1.18. The van der Waals surface area contributed by atoms with E-state index in [0.29, 0.717) is 6.61 Å². The number of unbranched alkanes of at least 4 members (excludes halogenated alkanes) is 3. The number of rotatable bonds is 6. The van der Waals surface area contributed by atoms with E-state index in [1.54, 1.807) is 7.11 Å². The Morgan fingerprint density at radius 3 is 2.20 bits per heavy atom. The first-order valence-electron chi connectivity index (χ1n) is 3.51. The van der Waals surface area contributed by atoms with E-state index in [2.05, 4.69) is 0 Å². The SMILES string of the molecule is COCCCCCCO.[MgH2]. The third-order valence-corrected chi connectivity index (χ3v) is 1.26. The molecule has 0 aliphatic rings. The zero-order valence-corrected chi connectivity index (χ0v) is 6.10. The molecule has 0 bridgehead atoms. The molecule has 0 aliphatic carbocycles. The Morgan fingerprint density at radius 2 is 1.70 bits per heavy atom. The third-order valence-electron chi connectivity index (χ3n) is 1.26. The first-order chi connectivity index (χ1) is 4.41. The van der Waals surface area contributed by atoms with Crippen LogP contribution in [0.2, 0.25) is 0 Å². The minimum atomic E-state index is 0. The van der Waals surface area contributed by atoms with E-state index in [4.69, 9.17) is 9.84 Å². The number of hydrogen-bond acceptors (Lipinski definition) is 2. The Hall–Kier alpha value is 0.686. The molecular weight excluding hydrogens is 140 g/mol. The van der Waals surface area contributed by atoms with Crippen molar-refractivity contribution in [3.63, 3.8) is 0 Å². The van der Waals surface area contributed by atoms with Gasteiger partial charge in [-0.2, -0.15) is 0 Å². The van der Waals surface area contributed by atoms with Crippen molar-refractivity contribution in [2.45, 2.75) is 25.7 Å². The molecule has 10 heavy (non-hydrogen) atoms. The van der Waals surface area contributed by atoms with Crippen LogP contribution in [-0.2, 0) is 4.74 Å². The molecule has 0 aromatic heterocycles. The molecule has 0 aliphatic heterocycles. The van der Waals surface area contributed by atoms with E-state index in [9.17, 15) is 0 Å². The van der Waals surface area contributed by atoms with E-state index in [-0.39, 0.29) is 23.1 Å². The molecule has 60 valence electrons. The van der Waals surface area contributed by atoms with Crippen molar-refractivity contribution >= 4 is 23.1 Å². The Balaban J connectivity index is 0. The minimum absolute atomic E-state index is 0. The molecule has 0 heterocycles. The summed E-state index contributed by atoms with van der Waals surface area (Å²) >= 11 is 0. The Bertz CT molecular complexity index is 44.9. The van der Waals surface area contributed by atoms with Crippen molar-refractivity contribution in [1.82, 2.24) is 0 Å². The standard InChI is InChI=1S/C7H16O2.Mg.2H/c1-9-7-5-3-2-4-6-8;;;/h8H,2-7H2,1H3;;;. The molecule has 0 aromatic rings. The summed E-state index contributed by atoms with van der Waals surface area (Å²) < 4.78 is 4.86. The van der Waals surface area contributed by atoms with Crippen molar-refractivity contribution in [3.8, 4) is 0 Å². The van der Waals surface area contributed by atoms with Gasteiger partial charge in [0, 0.05) is 20.3 Å². The van der Waals surface area contributed by atoms with E-state index < -0.39 is 0 Å². The molecular formula is C7H18MgO2. The second-order valence-corrected chi connectivity index (χ2v) is 2.13. The highest BCUT2D eigenvalue weighted by Gasteiger charge is 1.86. The fourth-order valence-corrected chi connectivity index (χ4v) is 0.712. The van der Waals surface area contributed by atoms with Crippen LogP contribution >= 0.6 is 0 Å². The van der Waals surface area contributed by atoms with Gasteiger partial charge in [0.15, 0.2) is 0 Å². The van der Waals surface area contributed by atoms with Gasteiger partial charge in [-0.05, 0) is 12.8 Å².